The SMILES string of the molecule is O=C(CCCn1ccnc1)NCC1CCCC(O)C1. The van der Waals surface area contributed by atoms with Gasteiger partial charge in [0.2, 0.25) is 5.91 Å². The number of hydrogen-bond donors (Lipinski definition) is 2. The highest BCUT2D eigenvalue weighted by Crippen LogP contribution is 2.23. The Morgan fingerprint density at radius 1 is 1.47 bits per heavy atom. The number of nitrogens with one attached hydrogen (secondary N) is 1. The van der Waals surface area contributed by atoms with Crippen molar-refractivity contribution in [2.24, 2.45) is 5.92 Å². The Labute approximate surface area is 114 Å². The van der Waals surface area contributed by atoms with Gasteiger partial charge in [0.25, 0.3) is 0 Å². The topological polar surface area (TPSA) is 67.2 Å². The van der Waals surface area contributed by atoms with E-state index in [0.717, 1.165) is 38.6 Å². The van der Waals surface area contributed by atoms with E-state index in [4.69, 9.17) is 0 Å². The molecule has 5 heteroatoms. The van der Waals surface area contributed by atoms with E-state index in [-0.39, 0.29) is 12.0 Å². The summed E-state index contributed by atoms with van der Waals surface area (Å²) < 4.78 is 1.98. The Bertz CT molecular complexity index is 378. The minimum atomic E-state index is -0.170. The van der Waals surface area contributed by atoms with Crippen LogP contribution in [0, 0.1) is 5.92 Å². The van der Waals surface area contributed by atoms with Crippen LogP contribution in [0.2, 0.25) is 0 Å². The molecule has 1 aliphatic carbocycles. The van der Waals surface area contributed by atoms with Gasteiger partial charge < -0.3 is 15.0 Å². The third-order valence-electron chi connectivity index (χ3n) is 3.72. The van der Waals surface area contributed by atoms with Crippen LogP contribution in [0.25, 0.3) is 0 Å². The lowest BCUT2D eigenvalue weighted by molar-refractivity contribution is -0.121. The number of nitrogens with zero attached hydrogens (tertiary/aromatic N) is 2. The third kappa shape index (κ3) is 5.03. The number of rotatable bonds is 6. The van der Waals surface area contributed by atoms with Gasteiger partial charge >= 0.3 is 0 Å². The van der Waals surface area contributed by atoms with Gasteiger partial charge in [-0.25, -0.2) is 4.98 Å². The summed E-state index contributed by atoms with van der Waals surface area (Å²) in [6, 6.07) is 0. The van der Waals surface area contributed by atoms with E-state index < -0.39 is 0 Å². The first-order valence-electron chi connectivity index (χ1n) is 7.14. The first-order chi connectivity index (χ1) is 9.24. The number of aliphatic hydroxyl groups excluding tert-OH is 1. The lowest BCUT2D eigenvalue weighted by Crippen LogP contribution is -2.32. The largest absolute Gasteiger partial charge is 0.393 e. The average Bonchev–Trinajstić information content (AvgIpc) is 2.90. The van der Waals surface area contributed by atoms with Crippen LogP contribution in [0.15, 0.2) is 18.7 Å². The molecule has 1 aromatic rings. The van der Waals surface area contributed by atoms with E-state index in [0.29, 0.717) is 18.9 Å². The maximum Gasteiger partial charge on any atom is 0.220 e. The first-order valence-corrected chi connectivity index (χ1v) is 7.14. The van der Waals surface area contributed by atoms with Crippen molar-refractivity contribution in [1.82, 2.24) is 14.9 Å². The molecule has 0 saturated heterocycles. The standard InChI is InChI=1S/C14H23N3O2/c18-13-4-1-3-12(9-13)10-16-14(19)5-2-7-17-8-6-15-11-17/h6,8,11-13,18H,1-5,7,9-10H2,(H,16,19). The minimum Gasteiger partial charge on any atom is -0.393 e. The predicted molar refractivity (Wildman–Crippen MR) is 72.4 cm³/mol. The van der Waals surface area contributed by atoms with E-state index in [1.54, 1.807) is 12.5 Å². The predicted octanol–water partition coefficient (Wildman–Crippen LogP) is 1.33. The van der Waals surface area contributed by atoms with E-state index in [1.807, 2.05) is 10.8 Å². The van der Waals surface area contributed by atoms with Crippen LogP contribution in [0.1, 0.15) is 38.5 Å². The number of aryl methyl sites for hydroxylation is 1. The van der Waals surface area contributed by atoms with Crippen molar-refractivity contribution >= 4 is 5.91 Å². The van der Waals surface area contributed by atoms with E-state index in [9.17, 15) is 9.90 Å². The molecular formula is C14H23N3O2. The quantitative estimate of drug-likeness (QED) is 0.815. The smallest absolute Gasteiger partial charge is 0.220 e. The average molecular weight is 265 g/mol. The van der Waals surface area contributed by atoms with Crippen LogP contribution < -0.4 is 5.32 Å². The molecule has 5 nitrogen and oxygen atoms in total. The maximum absolute atomic E-state index is 11.7. The highest BCUT2D eigenvalue weighted by atomic mass is 16.3. The molecule has 1 fully saturated rings. The van der Waals surface area contributed by atoms with Crippen molar-refractivity contribution in [3.63, 3.8) is 0 Å². The Morgan fingerprint density at radius 2 is 2.37 bits per heavy atom. The minimum absolute atomic E-state index is 0.111. The molecule has 1 aromatic heterocycles. The van der Waals surface area contributed by atoms with Gasteiger partial charge in [0, 0.05) is 31.9 Å². The molecule has 19 heavy (non-hydrogen) atoms. The molecule has 2 rings (SSSR count). The summed E-state index contributed by atoms with van der Waals surface area (Å²) in [4.78, 5) is 15.7. The van der Waals surface area contributed by atoms with Crippen LogP contribution in [0.5, 0.6) is 0 Å². The van der Waals surface area contributed by atoms with Crippen LogP contribution in [-0.4, -0.2) is 33.2 Å². The summed E-state index contributed by atoms with van der Waals surface area (Å²) in [5.74, 6) is 0.557. The van der Waals surface area contributed by atoms with Crippen molar-refractivity contribution in [3.05, 3.63) is 18.7 Å². The Balaban J connectivity index is 1.56. The summed E-state index contributed by atoms with van der Waals surface area (Å²) in [6.07, 6.45) is 10.6. The summed E-state index contributed by atoms with van der Waals surface area (Å²) >= 11 is 0. The number of hydrogen-bond acceptors (Lipinski definition) is 3. The second-order valence-electron chi connectivity index (χ2n) is 5.39. The molecule has 0 aliphatic heterocycles. The van der Waals surface area contributed by atoms with Gasteiger partial charge in [-0.05, 0) is 31.6 Å². The Kier molecular flexibility index (Phi) is 5.39. The number of aromatic nitrogens is 2. The van der Waals surface area contributed by atoms with Crippen molar-refractivity contribution < 1.29 is 9.90 Å². The number of imidazole rings is 1. The third-order valence-corrected chi connectivity index (χ3v) is 3.72. The van der Waals surface area contributed by atoms with Crippen molar-refractivity contribution in [1.29, 1.82) is 0 Å². The van der Waals surface area contributed by atoms with Gasteiger partial charge in [-0.15, -0.1) is 0 Å². The normalized spacial score (nSPS) is 23.2. The van der Waals surface area contributed by atoms with Gasteiger partial charge in [-0.3, -0.25) is 4.79 Å². The fourth-order valence-corrected chi connectivity index (χ4v) is 2.64. The second kappa shape index (κ2) is 7.28. The molecular weight excluding hydrogens is 242 g/mol. The Morgan fingerprint density at radius 3 is 3.11 bits per heavy atom. The molecule has 2 atom stereocenters. The molecule has 1 aliphatic rings. The maximum atomic E-state index is 11.7. The summed E-state index contributed by atoms with van der Waals surface area (Å²) in [6.45, 7) is 1.54. The van der Waals surface area contributed by atoms with E-state index in [1.165, 1.54) is 0 Å². The first kappa shape index (κ1) is 14.1. The molecule has 1 saturated carbocycles. The number of aliphatic hydroxyl groups is 1. The molecule has 0 aromatic carbocycles. The fraction of sp³-hybridized carbons (Fsp3) is 0.714. The zero-order valence-corrected chi connectivity index (χ0v) is 11.3. The van der Waals surface area contributed by atoms with Gasteiger partial charge in [0.1, 0.15) is 0 Å². The molecule has 2 unspecified atom stereocenters. The van der Waals surface area contributed by atoms with E-state index >= 15 is 0 Å². The van der Waals surface area contributed by atoms with Crippen LogP contribution in [-0.2, 0) is 11.3 Å². The van der Waals surface area contributed by atoms with Crippen LogP contribution in [0.3, 0.4) is 0 Å². The van der Waals surface area contributed by atoms with E-state index in [2.05, 4.69) is 10.3 Å². The molecule has 0 radical (unpaired) electrons. The highest BCUT2D eigenvalue weighted by Gasteiger charge is 2.20. The Hall–Kier alpha value is -1.36. The molecule has 0 bridgehead atoms. The number of carbonyl (C=O) groups excluding carboxylic acids is 1. The second-order valence-corrected chi connectivity index (χ2v) is 5.39. The monoisotopic (exact) mass is 265 g/mol. The van der Waals surface area contributed by atoms with Gasteiger partial charge in [0.15, 0.2) is 0 Å². The highest BCUT2D eigenvalue weighted by molar-refractivity contribution is 5.75. The van der Waals surface area contributed by atoms with Gasteiger partial charge in [0.05, 0.1) is 12.4 Å². The number of carbonyl (C=O) groups is 1. The summed E-state index contributed by atoms with van der Waals surface area (Å²) in [7, 11) is 0. The number of amides is 1. The summed E-state index contributed by atoms with van der Waals surface area (Å²) in [5.41, 5.74) is 0. The van der Waals surface area contributed by atoms with Crippen molar-refractivity contribution in [3.8, 4) is 0 Å². The van der Waals surface area contributed by atoms with Crippen LogP contribution in [0.4, 0.5) is 0 Å². The lowest BCUT2D eigenvalue weighted by Gasteiger charge is -2.25. The zero-order valence-electron chi connectivity index (χ0n) is 11.3. The molecule has 1 amide bonds. The lowest BCUT2D eigenvalue weighted by atomic mass is 9.87. The van der Waals surface area contributed by atoms with Crippen LogP contribution >= 0.6 is 0 Å². The molecule has 106 valence electrons. The molecule has 0 spiro atoms. The zero-order chi connectivity index (χ0) is 13.5. The van der Waals surface area contributed by atoms with Gasteiger partial charge in [-0.1, -0.05) is 6.42 Å². The van der Waals surface area contributed by atoms with Crippen molar-refractivity contribution in [2.75, 3.05) is 6.54 Å². The van der Waals surface area contributed by atoms with Gasteiger partial charge in [-0.2, -0.15) is 0 Å². The fourth-order valence-electron chi connectivity index (χ4n) is 2.64. The summed E-state index contributed by atoms with van der Waals surface area (Å²) in [5, 5.41) is 12.5. The molecule has 1 heterocycles. The molecule has 2 N–H and O–H groups in total. The van der Waals surface area contributed by atoms with Crippen molar-refractivity contribution in [2.45, 2.75) is 51.2 Å².